The first kappa shape index (κ1) is 13.3. The number of phenols is 1. The van der Waals surface area contributed by atoms with Crippen LogP contribution in [-0.4, -0.2) is 11.0 Å². The number of amides is 1. The molecule has 0 aliphatic rings. The van der Waals surface area contributed by atoms with Gasteiger partial charge in [-0.3, -0.25) is 4.79 Å². The molecule has 92 valence electrons. The fourth-order valence-corrected chi connectivity index (χ4v) is 1.56. The summed E-state index contributed by atoms with van der Waals surface area (Å²) in [5, 5.41) is 12.5. The van der Waals surface area contributed by atoms with E-state index in [-0.39, 0.29) is 17.1 Å². The number of hydrogen-bond acceptors (Lipinski definition) is 2. The highest BCUT2D eigenvalue weighted by molar-refractivity contribution is 5.86. The minimum atomic E-state index is -0.199. The van der Waals surface area contributed by atoms with E-state index < -0.39 is 0 Å². The Hall–Kier alpha value is -1.77. The molecule has 0 radical (unpaired) electrons. The van der Waals surface area contributed by atoms with Crippen molar-refractivity contribution >= 4 is 5.91 Å². The first-order valence-corrected chi connectivity index (χ1v) is 5.57. The van der Waals surface area contributed by atoms with Gasteiger partial charge in [0, 0.05) is 6.54 Å². The molecule has 1 amide bonds. The Morgan fingerprint density at radius 2 is 2.12 bits per heavy atom. The summed E-state index contributed by atoms with van der Waals surface area (Å²) in [5.41, 5.74) is 1.72. The average Bonchev–Trinajstić information content (AvgIpc) is 2.26. The van der Waals surface area contributed by atoms with Gasteiger partial charge in [0.15, 0.2) is 0 Å². The van der Waals surface area contributed by atoms with E-state index in [1.165, 1.54) is 6.08 Å². The second-order valence-corrected chi connectivity index (χ2v) is 5.02. The third-order valence-electron chi connectivity index (χ3n) is 2.52. The first-order chi connectivity index (χ1) is 7.84. The van der Waals surface area contributed by atoms with Gasteiger partial charge < -0.3 is 10.4 Å². The number of aromatic hydroxyl groups is 1. The van der Waals surface area contributed by atoms with Crippen LogP contribution in [0.5, 0.6) is 5.75 Å². The van der Waals surface area contributed by atoms with Gasteiger partial charge in [-0.25, -0.2) is 0 Å². The van der Waals surface area contributed by atoms with Crippen LogP contribution in [0, 0.1) is 0 Å². The molecule has 0 saturated heterocycles. The van der Waals surface area contributed by atoms with Crippen molar-refractivity contribution in [3.05, 3.63) is 42.0 Å². The zero-order chi connectivity index (χ0) is 13.1. The van der Waals surface area contributed by atoms with E-state index in [4.69, 9.17) is 0 Å². The zero-order valence-electron chi connectivity index (χ0n) is 10.6. The number of benzene rings is 1. The topological polar surface area (TPSA) is 49.3 Å². The van der Waals surface area contributed by atoms with E-state index in [9.17, 15) is 9.90 Å². The minimum Gasteiger partial charge on any atom is -0.508 e. The monoisotopic (exact) mass is 233 g/mol. The maximum atomic E-state index is 11.1. The largest absolute Gasteiger partial charge is 0.508 e. The third-order valence-corrected chi connectivity index (χ3v) is 2.52. The molecule has 0 spiro atoms. The van der Waals surface area contributed by atoms with Gasteiger partial charge in [0.2, 0.25) is 5.91 Å². The predicted octanol–water partition coefficient (Wildman–Crippen LogP) is 2.49. The molecule has 3 nitrogen and oxygen atoms in total. The summed E-state index contributed by atoms with van der Waals surface area (Å²) in [6.45, 7) is 9.94. The van der Waals surface area contributed by atoms with E-state index in [1.807, 2.05) is 26.8 Å². The fourth-order valence-electron chi connectivity index (χ4n) is 1.56. The molecule has 0 aliphatic heterocycles. The summed E-state index contributed by atoms with van der Waals surface area (Å²) in [4.78, 5) is 11.1. The van der Waals surface area contributed by atoms with E-state index in [2.05, 4.69) is 11.9 Å². The molecule has 0 aliphatic carbocycles. The number of carbonyl (C=O) groups is 1. The van der Waals surface area contributed by atoms with Gasteiger partial charge in [-0.2, -0.15) is 0 Å². The van der Waals surface area contributed by atoms with Crippen LogP contribution >= 0.6 is 0 Å². The molecule has 0 bridgehead atoms. The number of hydrogen-bond donors (Lipinski definition) is 2. The maximum absolute atomic E-state index is 11.1. The van der Waals surface area contributed by atoms with Crippen molar-refractivity contribution in [2.75, 3.05) is 0 Å². The third kappa shape index (κ3) is 3.63. The smallest absolute Gasteiger partial charge is 0.243 e. The molecule has 0 atom stereocenters. The Balaban J connectivity index is 2.89. The van der Waals surface area contributed by atoms with Gasteiger partial charge in [0.05, 0.1) is 0 Å². The second kappa shape index (κ2) is 5.04. The normalized spacial score (nSPS) is 11.0. The van der Waals surface area contributed by atoms with Crippen LogP contribution < -0.4 is 5.32 Å². The Morgan fingerprint density at radius 1 is 1.47 bits per heavy atom. The van der Waals surface area contributed by atoms with Gasteiger partial charge in [-0.1, -0.05) is 33.4 Å². The van der Waals surface area contributed by atoms with E-state index in [0.29, 0.717) is 6.54 Å². The lowest BCUT2D eigenvalue weighted by Gasteiger charge is -2.21. The summed E-state index contributed by atoms with van der Waals surface area (Å²) in [6, 6.07) is 5.38. The average molecular weight is 233 g/mol. The highest BCUT2D eigenvalue weighted by Gasteiger charge is 2.18. The number of carbonyl (C=O) groups excluding carboxylic acids is 1. The van der Waals surface area contributed by atoms with Crippen molar-refractivity contribution in [3.8, 4) is 5.75 Å². The van der Waals surface area contributed by atoms with Gasteiger partial charge in [0.25, 0.3) is 0 Å². The van der Waals surface area contributed by atoms with Crippen LogP contribution in [0.4, 0.5) is 0 Å². The van der Waals surface area contributed by atoms with Crippen LogP contribution in [0.3, 0.4) is 0 Å². The molecule has 2 N–H and O–H groups in total. The van der Waals surface area contributed by atoms with Crippen LogP contribution in [0.15, 0.2) is 30.9 Å². The Morgan fingerprint density at radius 3 is 2.65 bits per heavy atom. The molecule has 0 aromatic heterocycles. The molecule has 0 unspecified atom stereocenters. The van der Waals surface area contributed by atoms with Crippen molar-refractivity contribution in [3.63, 3.8) is 0 Å². The lowest BCUT2D eigenvalue weighted by Crippen LogP contribution is -2.20. The predicted molar refractivity (Wildman–Crippen MR) is 68.9 cm³/mol. The Bertz CT molecular complexity index is 430. The Labute approximate surface area is 102 Å². The highest BCUT2D eigenvalue weighted by atomic mass is 16.3. The fraction of sp³-hybridized carbons (Fsp3) is 0.357. The molecule has 1 rings (SSSR count). The number of rotatable bonds is 3. The van der Waals surface area contributed by atoms with Crippen molar-refractivity contribution in [1.82, 2.24) is 5.32 Å². The molecule has 1 aromatic rings. The standard InChI is InChI=1S/C14H19NO2/c1-5-13(17)15-9-10-6-7-12(16)11(8-10)14(2,3)4/h5-8,16H,1,9H2,2-4H3,(H,15,17). The SMILES string of the molecule is C=CC(=O)NCc1ccc(O)c(C(C)(C)C)c1. The first-order valence-electron chi connectivity index (χ1n) is 5.57. The summed E-state index contributed by atoms with van der Waals surface area (Å²) < 4.78 is 0. The van der Waals surface area contributed by atoms with Gasteiger partial charge >= 0.3 is 0 Å². The molecule has 0 heterocycles. The van der Waals surface area contributed by atoms with Crippen LogP contribution in [-0.2, 0) is 16.8 Å². The molecule has 17 heavy (non-hydrogen) atoms. The van der Waals surface area contributed by atoms with Gasteiger partial charge in [0.1, 0.15) is 5.75 Å². The van der Waals surface area contributed by atoms with Crippen molar-refractivity contribution in [1.29, 1.82) is 0 Å². The van der Waals surface area contributed by atoms with Crippen LogP contribution in [0.2, 0.25) is 0 Å². The van der Waals surface area contributed by atoms with Gasteiger partial charge in [-0.05, 0) is 34.8 Å². The van der Waals surface area contributed by atoms with Crippen LogP contribution in [0.1, 0.15) is 31.9 Å². The van der Waals surface area contributed by atoms with E-state index >= 15 is 0 Å². The molecule has 1 aromatic carbocycles. The minimum absolute atomic E-state index is 0.122. The highest BCUT2D eigenvalue weighted by Crippen LogP contribution is 2.31. The Kier molecular flexibility index (Phi) is 3.94. The number of nitrogens with one attached hydrogen (secondary N) is 1. The molecular formula is C14H19NO2. The summed E-state index contributed by atoms with van der Waals surface area (Å²) in [7, 11) is 0. The lowest BCUT2D eigenvalue weighted by atomic mass is 9.85. The summed E-state index contributed by atoms with van der Waals surface area (Å²) >= 11 is 0. The zero-order valence-corrected chi connectivity index (χ0v) is 10.6. The van der Waals surface area contributed by atoms with Crippen LogP contribution in [0.25, 0.3) is 0 Å². The molecule has 0 saturated carbocycles. The van der Waals surface area contributed by atoms with Crippen molar-refractivity contribution in [2.24, 2.45) is 0 Å². The second-order valence-electron chi connectivity index (χ2n) is 5.02. The maximum Gasteiger partial charge on any atom is 0.243 e. The van der Waals surface area contributed by atoms with Crippen molar-refractivity contribution < 1.29 is 9.90 Å². The summed E-state index contributed by atoms with van der Waals surface area (Å²) in [5.74, 6) is 0.0895. The van der Waals surface area contributed by atoms with E-state index in [0.717, 1.165) is 11.1 Å². The number of phenolic OH excluding ortho intramolecular Hbond substituents is 1. The lowest BCUT2D eigenvalue weighted by molar-refractivity contribution is -0.116. The van der Waals surface area contributed by atoms with Gasteiger partial charge in [-0.15, -0.1) is 0 Å². The van der Waals surface area contributed by atoms with E-state index in [1.54, 1.807) is 12.1 Å². The molecule has 3 heteroatoms. The quantitative estimate of drug-likeness (QED) is 0.788. The summed E-state index contributed by atoms with van der Waals surface area (Å²) in [6.07, 6.45) is 1.24. The molecular weight excluding hydrogens is 214 g/mol. The molecule has 0 fully saturated rings. The van der Waals surface area contributed by atoms with Crippen molar-refractivity contribution in [2.45, 2.75) is 32.7 Å².